The minimum Gasteiger partial charge on any atom is -0.378 e. The average Bonchev–Trinajstić information content (AvgIpc) is 2.91. The van der Waals surface area contributed by atoms with Crippen molar-refractivity contribution >= 4 is 0 Å². The number of halogens is 3. The highest BCUT2D eigenvalue weighted by molar-refractivity contribution is 5.30. The Labute approximate surface area is 109 Å². The van der Waals surface area contributed by atoms with Crippen LogP contribution in [0.25, 0.3) is 0 Å². The summed E-state index contributed by atoms with van der Waals surface area (Å²) in [7, 11) is 0. The molecule has 2 heterocycles. The topological polar surface area (TPSA) is 30.5 Å². The Hall–Kier alpha value is -1.11. The lowest BCUT2D eigenvalue weighted by atomic mass is 9.78. The van der Waals surface area contributed by atoms with Gasteiger partial charge in [0.05, 0.1) is 13.2 Å². The first kappa shape index (κ1) is 14.3. The largest absolute Gasteiger partial charge is 0.378 e. The number of nitrogens with one attached hydrogen (secondary N) is 1. The molecule has 3 atom stereocenters. The maximum absolute atomic E-state index is 13.8. The van der Waals surface area contributed by atoms with Crippen LogP contribution in [0.2, 0.25) is 0 Å². The summed E-state index contributed by atoms with van der Waals surface area (Å²) in [5.74, 6) is -1.25. The van der Waals surface area contributed by atoms with Gasteiger partial charge in [-0.1, -0.05) is 25.6 Å². The zero-order chi connectivity index (χ0) is 12.8. The van der Waals surface area contributed by atoms with Crippen LogP contribution in [0.4, 0.5) is 13.2 Å². The van der Waals surface area contributed by atoms with Crippen LogP contribution in [0.3, 0.4) is 0 Å². The molecule has 19 heavy (non-hydrogen) atoms. The van der Waals surface area contributed by atoms with Crippen LogP contribution in [-0.4, -0.2) is 25.7 Å². The van der Waals surface area contributed by atoms with Crippen LogP contribution in [0.1, 0.15) is 13.0 Å². The van der Waals surface area contributed by atoms with E-state index in [1.807, 2.05) is 0 Å². The van der Waals surface area contributed by atoms with Gasteiger partial charge in [-0.15, -0.1) is 0 Å². The smallest absolute Gasteiger partial charge is 0.263 e. The van der Waals surface area contributed by atoms with E-state index in [2.05, 4.69) is 5.48 Å². The first-order valence-electron chi connectivity index (χ1n) is 5.70. The molecule has 3 rings (SSSR count). The first-order chi connectivity index (χ1) is 8.66. The molecule has 2 aliphatic rings. The molecule has 3 nitrogen and oxygen atoms in total. The van der Waals surface area contributed by atoms with Gasteiger partial charge in [-0.3, -0.25) is 4.84 Å². The molecule has 0 bridgehead atoms. The van der Waals surface area contributed by atoms with Crippen molar-refractivity contribution in [1.29, 1.82) is 0 Å². The Kier molecular flexibility index (Phi) is 3.85. The number of benzene rings is 1. The minimum atomic E-state index is -2.79. The molecule has 0 saturated carbocycles. The monoisotopic (exact) mass is 275 g/mol. The molecular formula is C13H16F3NO2. The molecule has 1 aromatic rings. The van der Waals surface area contributed by atoms with Crippen molar-refractivity contribution in [3.05, 3.63) is 35.6 Å². The Morgan fingerprint density at radius 1 is 1.26 bits per heavy atom. The molecule has 0 spiro atoms. The summed E-state index contributed by atoms with van der Waals surface area (Å²) in [6.07, 6.45) is -3.25. The van der Waals surface area contributed by atoms with Crippen molar-refractivity contribution in [2.75, 3.05) is 13.2 Å². The zero-order valence-corrected chi connectivity index (χ0v) is 9.41. The van der Waals surface area contributed by atoms with Gasteiger partial charge in [0.15, 0.2) is 0 Å². The highest BCUT2D eigenvalue weighted by Crippen LogP contribution is 2.45. The number of hydroxylamine groups is 1. The third-order valence-electron chi connectivity index (χ3n) is 3.66. The molecule has 6 heteroatoms. The van der Waals surface area contributed by atoms with Gasteiger partial charge in [-0.25, -0.2) is 13.2 Å². The van der Waals surface area contributed by atoms with Gasteiger partial charge in [0.1, 0.15) is 17.5 Å². The van der Waals surface area contributed by atoms with Gasteiger partial charge < -0.3 is 4.74 Å². The van der Waals surface area contributed by atoms with E-state index < -0.39 is 29.8 Å². The highest BCUT2D eigenvalue weighted by atomic mass is 19.3. The molecule has 0 radical (unpaired) electrons. The molecule has 106 valence electrons. The third kappa shape index (κ3) is 1.94. The van der Waals surface area contributed by atoms with Crippen LogP contribution in [0.5, 0.6) is 0 Å². The summed E-state index contributed by atoms with van der Waals surface area (Å²) in [5, 5.41) is 0. The van der Waals surface area contributed by atoms with E-state index in [9.17, 15) is 13.2 Å². The molecule has 1 aromatic carbocycles. The lowest BCUT2D eigenvalue weighted by Crippen LogP contribution is -2.49. The normalized spacial score (nSPS) is 33.3. The maximum atomic E-state index is 13.8. The van der Waals surface area contributed by atoms with E-state index in [1.54, 1.807) is 0 Å². The van der Waals surface area contributed by atoms with Gasteiger partial charge >= 0.3 is 0 Å². The Morgan fingerprint density at radius 2 is 2.00 bits per heavy atom. The van der Waals surface area contributed by atoms with E-state index in [4.69, 9.17) is 9.57 Å². The molecular weight excluding hydrogens is 259 g/mol. The lowest BCUT2D eigenvalue weighted by molar-refractivity contribution is -0.0650. The summed E-state index contributed by atoms with van der Waals surface area (Å²) >= 11 is 0. The van der Waals surface area contributed by atoms with E-state index >= 15 is 0 Å². The molecule has 2 saturated heterocycles. The van der Waals surface area contributed by atoms with E-state index in [0.717, 1.165) is 0 Å². The molecule has 0 aromatic heterocycles. The predicted molar refractivity (Wildman–Crippen MR) is 63.1 cm³/mol. The van der Waals surface area contributed by atoms with Gasteiger partial charge in [0.25, 0.3) is 6.43 Å². The summed E-state index contributed by atoms with van der Waals surface area (Å²) < 4.78 is 46.1. The van der Waals surface area contributed by atoms with Crippen molar-refractivity contribution in [2.24, 2.45) is 5.92 Å². The van der Waals surface area contributed by atoms with Gasteiger partial charge in [0.2, 0.25) is 0 Å². The van der Waals surface area contributed by atoms with Gasteiger partial charge in [-0.2, -0.15) is 5.48 Å². The predicted octanol–water partition coefficient (Wildman–Crippen LogP) is 2.47. The number of hydrogen-bond donors (Lipinski definition) is 1. The van der Waals surface area contributed by atoms with Crippen molar-refractivity contribution < 1.29 is 22.7 Å². The summed E-state index contributed by atoms with van der Waals surface area (Å²) in [4.78, 5) is 5.14. The summed E-state index contributed by atoms with van der Waals surface area (Å²) in [5.41, 5.74) is 0.461. The Balaban J connectivity index is 0.00000133. The maximum Gasteiger partial charge on any atom is 0.263 e. The fraction of sp³-hybridized carbons (Fsp3) is 0.538. The van der Waals surface area contributed by atoms with Gasteiger partial charge in [0, 0.05) is 11.5 Å². The number of fused-ring (bicyclic) bond motifs is 1. The van der Waals surface area contributed by atoms with Gasteiger partial charge in [-0.05, 0) is 6.07 Å². The first-order valence-corrected chi connectivity index (χ1v) is 5.70. The molecule has 2 fully saturated rings. The summed E-state index contributed by atoms with van der Waals surface area (Å²) in [6, 6.07) is 5.53. The van der Waals surface area contributed by atoms with Crippen LogP contribution >= 0.6 is 0 Å². The quantitative estimate of drug-likeness (QED) is 0.899. The molecule has 0 aliphatic carbocycles. The molecule has 2 aliphatic heterocycles. The number of ether oxygens (including phenoxy) is 1. The molecule has 1 N–H and O–H groups in total. The molecule has 0 unspecified atom stereocenters. The summed E-state index contributed by atoms with van der Waals surface area (Å²) in [6.45, 7) is 0.386. The van der Waals surface area contributed by atoms with Crippen LogP contribution in [0.15, 0.2) is 24.3 Å². The second-order valence-electron chi connectivity index (χ2n) is 4.55. The van der Waals surface area contributed by atoms with E-state index in [1.165, 1.54) is 24.3 Å². The second-order valence-corrected chi connectivity index (χ2v) is 4.55. The zero-order valence-electron chi connectivity index (χ0n) is 9.41. The van der Waals surface area contributed by atoms with Crippen LogP contribution in [-0.2, 0) is 15.1 Å². The SMILES string of the molecule is C.Fc1ccccc1[C@@]1(C(F)F)NO[C@@H]2COC[C@@H]21. The Bertz CT molecular complexity index is 457. The van der Waals surface area contributed by atoms with Crippen molar-refractivity contribution in [1.82, 2.24) is 5.48 Å². The highest BCUT2D eigenvalue weighted by Gasteiger charge is 2.60. The Morgan fingerprint density at radius 3 is 2.68 bits per heavy atom. The van der Waals surface area contributed by atoms with Crippen LogP contribution < -0.4 is 5.48 Å². The fourth-order valence-corrected chi connectivity index (χ4v) is 2.70. The standard InChI is InChI=1S/C12H12F3NO2.CH4/c13-9-4-2-1-3-7(9)12(11(14)15)8-5-17-6-10(8)18-16-12;/h1-4,8,10-11,16H,5-6H2;1H4/t8-,10+,12+;/m0./s1. The van der Waals surface area contributed by atoms with Crippen molar-refractivity contribution in [2.45, 2.75) is 25.5 Å². The van der Waals surface area contributed by atoms with Crippen LogP contribution in [0, 0.1) is 11.7 Å². The number of rotatable bonds is 2. The lowest BCUT2D eigenvalue weighted by Gasteiger charge is -2.32. The van der Waals surface area contributed by atoms with E-state index in [0.29, 0.717) is 0 Å². The van der Waals surface area contributed by atoms with Crippen molar-refractivity contribution in [3.8, 4) is 0 Å². The molecule has 0 amide bonds. The number of alkyl halides is 2. The average molecular weight is 275 g/mol. The minimum absolute atomic E-state index is 0. The number of hydrogen-bond acceptors (Lipinski definition) is 3. The fourth-order valence-electron chi connectivity index (χ4n) is 2.70. The third-order valence-corrected chi connectivity index (χ3v) is 3.66. The second kappa shape index (κ2) is 5.11. The van der Waals surface area contributed by atoms with Crippen molar-refractivity contribution in [3.63, 3.8) is 0 Å². The van der Waals surface area contributed by atoms with E-state index in [-0.39, 0.29) is 26.2 Å².